The van der Waals surface area contributed by atoms with Crippen LogP contribution in [0, 0.1) is 17.8 Å². The summed E-state index contributed by atoms with van der Waals surface area (Å²) in [5.41, 5.74) is 1.00. The van der Waals surface area contributed by atoms with Crippen LogP contribution < -0.4 is 0 Å². The minimum atomic E-state index is -0.217. The molecule has 2 N–H and O–H groups in total. The van der Waals surface area contributed by atoms with Gasteiger partial charge in [0.25, 0.3) is 0 Å². The van der Waals surface area contributed by atoms with E-state index < -0.39 is 0 Å². The molecule has 0 amide bonds. The number of piperidine rings is 1. The van der Waals surface area contributed by atoms with Crippen LogP contribution >= 0.6 is 11.3 Å². The Bertz CT molecular complexity index is 446. The first kappa shape index (κ1) is 13.6. The van der Waals surface area contributed by atoms with Gasteiger partial charge in [-0.15, -0.1) is 11.3 Å². The largest absolute Gasteiger partial charge is 0.392 e. The summed E-state index contributed by atoms with van der Waals surface area (Å²) in [5, 5.41) is 20.6. The predicted molar refractivity (Wildman–Crippen MR) is 73.3 cm³/mol. The van der Waals surface area contributed by atoms with E-state index in [4.69, 9.17) is 5.11 Å². The third kappa shape index (κ3) is 3.33. The molecule has 1 aliphatic rings. The summed E-state index contributed by atoms with van der Waals surface area (Å²) < 4.78 is 0. The molecule has 0 bridgehead atoms. The highest BCUT2D eigenvalue weighted by molar-refractivity contribution is 7.10. The van der Waals surface area contributed by atoms with Crippen LogP contribution in [0.2, 0.25) is 0 Å². The highest BCUT2D eigenvalue weighted by Gasteiger charge is 2.24. The van der Waals surface area contributed by atoms with Crippen LogP contribution in [0.1, 0.15) is 23.8 Å². The number of hydrogen-bond acceptors (Lipinski definition) is 4. The van der Waals surface area contributed by atoms with Crippen molar-refractivity contribution >= 4 is 11.3 Å². The van der Waals surface area contributed by atoms with Gasteiger partial charge in [-0.1, -0.05) is 18.8 Å². The van der Waals surface area contributed by atoms with Gasteiger partial charge in [0.15, 0.2) is 0 Å². The van der Waals surface area contributed by atoms with Gasteiger partial charge in [-0.05, 0) is 30.3 Å². The number of aliphatic hydroxyl groups is 2. The van der Waals surface area contributed by atoms with Gasteiger partial charge in [0.05, 0.1) is 6.10 Å². The Kier molecular flexibility index (Phi) is 4.79. The molecule has 0 spiro atoms. The molecule has 1 saturated heterocycles. The summed E-state index contributed by atoms with van der Waals surface area (Å²) in [6.45, 7) is 4.62. The number of aliphatic hydroxyl groups excluding tert-OH is 2. The van der Waals surface area contributed by atoms with E-state index in [9.17, 15) is 5.11 Å². The number of thiophene rings is 1. The van der Waals surface area contributed by atoms with Crippen LogP contribution in [0.4, 0.5) is 0 Å². The minimum absolute atomic E-state index is 0.102. The molecule has 1 aliphatic heterocycles. The van der Waals surface area contributed by atoms with E-state index in [1.807, 2.05) is 11.4 Å². The van der Waals surface area contributed by atoms with Crippen LogP contribution in [0.15, 0.2) is 11.4 Å². The SMILES string of the molecule is CC1CCN(Cc2sccc2C#CCO)CC1O. The van der Waals surface area contributed by atoms with E-state index in [0.29, 0.717) is 5.92 Å². The molecule has 0 aromatic carbocycles. The molecule has 2 heterocycles. The Balaban J connectivity index is 1.99. The molecule has 18 heavy (non-hydrogen) atoms. The lowest BCUT2D eigenvalue weighted by Gasteiger charge is -2.34. The Morgan fingerprint density at radius 2 is 2.39 bits per heavy atom. The fourth-order valence-electron chi connectivity index (χ4n) is 2.17. The maximum atomic E-state index is 9.89. The number of β-amino-alcohol motifs (C(OH)–C–C–N with tert-alkyl or cyclic N) is 1. The maximum absolute atomic E-state index is 9.89. The summed E-state index contributed by atoms with van der Waals surface area (Å²) in [6.07, 6.45) is 0.829. The van der Waals surface area contributed by atoms with Crippen molar-refractivity contribution in [3.05, 3.63) is 21.9 Å². The van der Waals surface area contributed by atoms with Crippen LogP contribution in [-0.2, 0) is 6.54 Å². The fourth-order valence-corrected chi connectivity index (χ4v) is 3.04. The normalized spacial score (nSPS) is 24.6. The van der Waals surface area contributed by atoms with Crippen LogP contribution in [0.5, 0.6) is 0 Å². The topological polar surface area (TPSA) is 43.7 Å². The molecule has 2 unspecified atom stereocenters. The van der Waals surface area contributed by atoms with E-state index in [0.717, 1.165) is 31.6 Å². The Morgan fingerprint density at radius 3 is 3.11 bits per heavy atom. The first-order chi connectivity index (χ1) is 8.70. The third-order valence-corrected chi connectivity index (χ3v) is 4.32. The Labute approximate surface area is 112 Å². The molecular formula is C14H19NO2S. The van der Waals surface area contributed by atoms with Crippen LogP contribution in [-0.4, -0.2) is 40.9 Å². The van der Waals surface area contributed by atoms with E-state index in [2.05, 4.69) is 23.7 Å². The first-order valence-corrected chi connectivity index (χ1v) is 7.15. The van der Waals surface area contributed by atoms with Crippen molar-refractivity contribution in [2.45, 2.75) is 26.0 Å². The average Bonchev–Trinajstić information content (AvgIpc) is 2.79. The van der Waals surface area contributed by atoms with E-state index in [-0.39, 0.29) is 12.7 Å². The number of likely N-dealkylation sites (tertiary alicyclic amines) is 1. The highest BCUT2D eigenvalue weighted by Crippen LogP contribution is 2.22. The molecule has 0 saturated carbocycles. The van der Waals surface area contributed by atoms with E-state index in [1.54, 1.807) is 11.3 Å². The Morgan fingerprint density at radius 1 is 1.56 bits per heavy atom. The van der Waals surface area contributed by atoms with Crippen molar-refractivity contribution < 1.29 is 10.2 Å². The molecule has 0 aliphatic carbocycles. The smallest absolute Gasteiger partial charge is 0.104 e. The van der Waals surface area contributed by atoms with Gasteiger partial charge in [0.1, 0.15) is 6.61 Å². The minimum Gasteiger partial charge on any atom is -0.392 e. The Hall–Kier alpha value is -0.860. The molecule has 4 heteroatoms. The molecule has 98 valence electrons. The predicted octanol–water partition coefficient (Wildman–Crippen LogP) is 1.29. The highest BCUT2D eigenvalue weighted by atomic mass is 32.1. The number of nitrogens with zero attached hydrogens (tertiary/aromatic N) is 1. The molecule has 0 radical (unpaired) electrons. The van der Waals surface area contributed by atoms with Crippen LogP contribution in [0.25, 0.3) is 0 Å². The zero-order valence-electron chi connectivity index (χ0n) is 10.6. The first-order valence-electron chi connectivity index (χ1n) is 6.27. The second-order valence-corrected chi connectivity index (χ2v) is 5.79. The number of hydrogen-bond donors (Lipinski definition) is 2. The van der Waals surface area contributed by atoms with E-state index in [1.165, 1.54) is 4.88 Å². The molecular weight excluding hydrogens is 246 g/mol. The standard InChI is InChI=1S/C14H19NO2S/c1-11-4-6-15(9-13(11)17)10-14-12(3-2-7-16)5-8-18-14/h5,8,11,13,16-17H,4,6-7,9-10H2,1H3. The lowest BCUT2D eigenvalue weighted by atomic mass is 9.96. The molecule has 2 rings (SSSR count). The van der Waals surface area contributed by atoms with Crippen molar-refractivity contribution in [2.24, 2.45) is 5.92 Å². The van der Waals surface area contributed by atoms with Crippen molar-refractivity contribution in [1.29, 1.82) is 0 Å². The zero-order valence-corrected chi connectivity index (χ0v) is 11.4. The summed E-state index contributed by atoms with van der Waals surface area (Å²) in [6, 6.07) is 1.99. The van der Waals surface area contributed by atoms with Gasteiger partial charge in [-0.25, -0.2) is 0 Å². The summed E-state index contributed by atoms with van der Waals surface area (Å²) in [7, 11) is 0. The second kappa shape index (κ2) is 6.35. The van der Waals surface area contributed by atoms with Crippen molar-refractivity contribution in [3.8, 4) is 11.8 Å². The van der Waals surface area contributed by atoms with Gasteiger partial charge < -0.3 is 10.2 Å². The monoisotopic (exact) mass is 265 g/mol. The molecule has 3 nitrogen and oxygen atoms in total. The van der Waals surface area contributed by atoms with Gasteiger partial charge in [0, 0.05) is 23.5 Å². The molecule has 1 aromatic rings. The van der Waals surface area contributed by atoms with Crippen molar-refractivity contribution in [3.63, 3.8) is 0 Å². The van der Waals surface area contributed by atoms with Gasteiger partial charge >= 0.3 is 0 Å². The molecule has 1 fully saturated rings. The van der Waals surface area contributed by atoms with Crippen molar-refractivity contribution in [1.82, 2.24) is 4.90 Å². The molecule has 1 aromatic heterocycles. The summed E-state index contributed by atoms with van der Waals surface area (Å²) in [4.78, 5) is 3.50. The van der Waals surface area contributed by atoms with Crippen molar-refractivity contribution in [2.75, 3.05) is 19.7 Å². The van der Waals surface area contributed by atoms with Gasteiger partial charge in [0.2, 0.25) is 0 Å². The second-order valence-electron chi connectivity index (χ2n) is 4.79. The lowest BCUT2D eigenvalue weighted by molar-refractivity contribution is 0.0263. The zero-order chi connectivity index (χ0) is 13.0. The lowest BCUT2D eigenvalue weighted by Crippen LogP contribution is -2.42. The summed E-state index contributed by atoms with van der Waals surface area (Å²) in [5.74, 6) is 6.06. The van der Waals surface area contributed by atoms with Crippen LogP contribution in [0.3, 0.4) is 0 Å². The summed E-state index contributed by atoms with van der Waals surface area (Å²) >= 11 is 1.69. The maximum Gasteiger partial charge on any atom is 0.104 e. The van der Waals surface area contributed by atoms with Gasteiger partial charge in [-0.2, -0.15) is 0 Å². The van der Waals surface area contributed by atoms with Gasteiger partial charge in [-0.3, -0.25) is 4.90 Å². The van der Waals surface area contributed by atoms with E-state index >= 15 is 0 Å². The average molecular weight is 265 g/mol. The number of rotatable bonds is 2. The fraction of sp³-hybridized carbons (Fsp3) is 0.571. The molecule has 2 atom stereocenters. The third-order valence-electron chi connectivity index (χ3n) is 3.42. The quantitative estimate of drug-likeness (QED) is 0.792.